The van der Waals surface area contributed by atoms with E-state index < -0.39 is 0 Å². The molecule has 0 unspecified atom stereocenters. The SMILES string of the molecule is O=[N+]([O-])c1ccccc1N1CCN(CCO)CC1. The van der Waals surface area contributed by atoms with Gasteiger partial charge in [0, 0.05) is 38.8 Å². The quantitative estimate of drug-likeness (QED) is 0.630. The summed E-state index contributed by atoms with van der Waals surface area (Å²) in [6, 6.07) is 6.83. The molecule has 1 aliphatic rings. The number of piperazine rings is 1. The Morgan fingerprint density at radius 3 is 2.50 bits per heavy atom. The predicted octanol–water partition coefficient (Wildman–Crippen LogP) is 0.709. The van der Waals surface area contributed by atoms with Crippen LogP contribution in [-0.4, -0.2) is 54.3 Å². The molecule has 98 valence electrons. The maximum atomic E-state index is 11.0. The molecule has 1 aromatic carbocycles. The molecule has 1 aliphatic heterocycles. The van der Waals surface area contributed by atoms with Crippen LogP contribution in [0.3, 0.4) is 0 Å². The van der Waals surface area contributed by atoms with Gasteiger partial charge in [-0.25, -0.2) is 0 Å². The highest BCUT2D eigenvalue weighted by Gasteiger charge is 2.22. The molecule has 0 atom stereocenters. The van der Waals surface area contributed by atoms with Gasteiger partial charge in [0.2, 0.25) is 0 Å². The highest BCUT2D eigenvalue weighted by atomic mass is 16.6. The zero-order valence-electron chi connectivity index (χ0n) is 10.2. The molecule has 0 bridgehead atoms. The maximum Gasteiger partial charge on any atom is 0.292 e. The summed E-state index contributed by atoms with van der Waals surface area (Å²) in [5.74, 6) is 0. The Kier molecular flexibility index (Phi) is 4.11. The third-order valence-electron chi connectivity index (χ3n) is 3.21. The van der Waals surface area contributed by atoms with Crippen LogP contribution < -0.4 is 4.90 Å². The van der Waals surface area contributed by atoms with Crippen molar-refractivity contribution in [2.24, 2.45) is 0 Å². The van der Waals surface area contributed by atoms with E-state index in [1.54, 1.807) is 12.1 Å². The van der Waals surface area contributed by atoms with Gasteiger partial charge < -0.3 is 10.0 Å². The molecule has 1 heterocycles. The minimum atomic E-state index is -0.338. The lowest BCUT2D eigenvalue weighted by Gasteiger charge is -2.35. The van der Waals surface area contributed by atoms with Crippen LogP contribution in [0, 0.1) is 10.1 Å². The Balaban J connectivity index is 2.07. The monoisotopic (exact) mass is 251 g/mol. The predicted molar refractivity (Wildman–Crippen MR) is 68.8 cm³/mol. The molecule has 1 fully saturated rings. The number of rotatable bonds is 4. The zero-order valence-corrected chi connectivity index (χ0v) is 10.2. The van der Waals surface area contributed by atoms with Crippen molar-refractivity contribution in [3.8, 4) is 0 Å². The fourth-order valence-electron chi connectivity index (χ4n) is 2.24. The van der Waals surface area contributed by atoms with Crippen LogP contribution in [0.25, 0.3) is 0 Å². The molecule has 0 saturated carbocycles. The van der Waals surface area contributed by atoms with Crippen LogP contribution in [0.4, 0.5) is 11.4 Å². The highest BCUT2D eigenvalue weighted by Crippen LogP contribution is 2.28. The average molecular weight is 251 g/mol. The topological polar surface area (TPSA) is 69.9 Å². The van der Waals surface area contributed by atoms with E-state index in [0.29, 0.717) is 12.2 Å². The Morgan fingerprint density at radius 1 is 1.22 bits per heavy atom. The first kappa shape index (κ1) is 12.8. The van der Waals surface area contributed by atoms with E-state index in [-0.39, 0.29) is 17.2 Å². The second kappa shape index (κ2) is 5.79. The van der Waals surface area contributed by atoms with Crippen molar-refractivity contribution in [2.45, 2.75) is 0 Å². The molecule has 1 saturated heterocycles. The number of hydrogen-bond acceptors (Lipinski definition) is 5. The Morgan fingerprint density at radius 2 is 1.89 bits per heavy atom. The minimum Gasteiger partial charge on any atom is -0.395 e. The molecular weight excluding hydrogens is 234 g/mol. The molecule has 0 aromatic heterocycles. The van der Waals surface area contributed by atoms with E-state index in [2.05, 4.69) is 4.90 Å². The third-order valence-corrected chi connectivity index (χ3v) is 3.21. The molecule has 18 heavy (non-hydrogen) atoms. The summed E-state index contributed by atoms with van der Waals surface area (Å²) < 4.78 is 0. The van der Waals surface area contributed by atoms with Gasteiger partial charge in [-0.2, -0.15) is 0 Å². The molecule has 0 aliphatic carbocycles. The number of anilines is 1. The van der Waals surface area contributed by atoms with Crippen molar-refractivity contribution >= 4 is 11.4 Å². The van der Waals surface area contributed by atoms with Crippen molar-refractivity contribution in [3.63, 3.8) is 0 Å². The summed E-state index contributed by atoms with van der Waals surface area (Å²) in [5, 5.41) is 19.8. The maximum absolute atomic E-state index is 11.0. The fourth-order valence-corrected chi connectivity index (χ4v) is 2.24. The summed E-state index contributed by atoms with van der Waals surface area (Å²) in [6.07, 6.45) is 0. The molecular formula is C12H17N3O3. The molecule has 2 rings (SSSR count). The molecule has 0 spiro atoms. The molecule has 6 heteroatoms. The number of nitro benzene ring substituents is 1. The van der Waals surface area contributed by atoms with Gasteiger partial charge in [0.25, 0.3) is 5.69 Å². The van der Waals surface area contributed by atoms with Gasteiger partial charge in [0.1, 0.15) is 5.69 Å². The van der Waals surface area contributed by atoms with Gasteiger partial charge in [-0.05, 0) is 6.07 Å². The average Bonchev–Trinajstić information content (AvgIpc) is 2.40. The minimum absolute atomic E-state index is 0.158. The number of aliphatic hydroxyl groups excluding tert-OH is 1. The van der Waals surface area contributed by atoms with Gasteiger partial charge in [-0.15, -0.1) is 0 Å². The summed E-state index contributed by atoms with van der Waals surface area (Å²) in [5.41, 5.74) is 0.847. The summed E-state index contributed by atoms with van der Waals surface area (Å²) in [6.45, 7) is 3.99. The molecule has 1 aromatic rings. The van der Waals surface area contributed by atoms with Crippen LogP contribution >= 0.6 is 0 Å². The van der Waals surface area contributed by atoms with Gasteiger partial charge in [0.05, 0.1) is 11.5 Å². The van der Waals surface area contributed by atoms with Crippen LogP contribution in [-0.2, 0) is 0 Å². The van der Waals surface area contributed by atoms with Crippen LogP contribution in [0.2, 0.25) is 0 Å². The lowest BCUT2D eigenvalue weighted by atomic mass is 10.2. The second-order valence-electron chi connectivity index (χ2n) is 4.30. The second-order valence-corrected chi connectivity index (χ2v) is 4.30. The van der Waals surface area contributed by atoms with Crippen molar-refractivity contribution in [1.29, 1.82) is 0 Å². The summed E-state index contributed by atoms with van der Waals surface area (Å²) in [7, 11) is 0. The number of benzene rings is 1. The number of hydrogen-bond donors (Lipinski definition) is 1. The number of nitro groups is 1. The summed E-state index contributed by atoms with van der Waals surface area (Å²) in [4.78, 5) is 14.8. The normalized spacial score (nSPS) is 16.8. The highest BCUT2D eigenvalue weighted by molar-refractivity contribution is 5.63. The molecule has 1 N–H and O–H groups in total. The first-order chi connectivity index (χ1) is 8.72. The third kappa shape index (κ3) is 2.77. The first-order valence-corrected chi connectivity index (χ1v) is 6.04. The number of aliphatic hydroxyl groups is 1. The van der Waals surface area contributed by atoms with E-state index in [0.717, 1.165) is 26.2 Å². The molecule has 6 nitrogen and oxygen atoms in total. The standard InChI is InChI=1S/C12H17N3O3/c16-10-9-13-5-7-14(8-6-13)11-3-1-2-4-12(11)15(17)18/h1-4,16H,5-10H2. The fraction of sp³-hybridized carbons (Fsp3) is 0.500. The first-order valence-electron chi connectivity index (χ1n) is 6.04. The van der Waals surface area contributed by atoms with E-state index in [1.807, 2.05) is 11.0 Å². The van der Waals surface area contributed by atoms with E-state index >= 15 is 0 Å². The molecule has 0 radical (unpaired) electrons. The van der Waals surface area contributed by atoms with Crippen molar-refractivity contribution in [1.82, 2.24) is 4.90 Å². The van der Waals surface area contributed by atoms with Crippen molar-refractivity contribution in [2.75, 3.05) is 44.2 Å². The van der Waals surface area contributed by atoms with Crippen LogP contribution in [0.15, 0.2) is 24.3 Å². The zero-order chi connectivity index (χ0) is 13.0. The van der Waals surface area contributed by atoms with Gasteiger partial charge in [-0.3, -0.25) is 15.0 Å². The molecule has 0 amide bonds. The van der Waals surface area contributed by atoms with Gasteiger partial charge in [-0.1, -0.05) is 12.1 Å². The van der Waals surface area contributed by atoms with Gasteiger partial charge >= 0.3 is 0 Å². The number of nitrogens with zero attached hydrogens (tertiary/aromatic N) is 3. The lowest BCUT2D eigenvalue weighted by molar-refractivity contribution is -0.384. The van der Waals surface area contributed by atoms with Crippen LogP contribution in [0.5, 0.6) is 0 Å². The lowest BCUT2D eigenvalue weighted by Crippen LogP contribution is -2.47. The van der Waals surface area contributed by atoms with Crippen molar-refractivity contribution in [3.05, 3.63) is 34.4 Å². The van der Waals surface area contributed by atoms with E-state index in [4.69, 9.17) is 5.11 Å². The number of para-hydroxylation sites is 2. The van der Waals surface area contributed by atoms with Gasteiger partial charge in [0.15, 0.2) is 0 Å². The van der Waals surface area contributed by atoms with E-state index in [1.165, 1.54) is 6.07 Å². The van der Waals surface area contributed by atoms with Crippen LogP contribution in [0.1, 0.15) is 0 Å². The largest absolute Gasteiger partial charge is 0.395 e. The van der Waals surface area contributed by atoms with E-state index in [9.17, 15) is 10.1 Å². The Labute approximate surface area is 106 Å². The Bertz CT molecular complexity index is 417. The number of β-amino-alcohol motifs (C(OH)–C–C–N with tert-alkyl or cyclic N) is 1. The Hall–Kier alpha value is -1.66. The summed E-state index contributed by atoms with van der Waals surface area (Å²) >= 11 is 0. The smallest absolute Gasteiger partial charge is 0.292 e. The van der Waals surface area contributed by atoms with Crippen molar-refractivity contribution < 1.29 is 10.0 Å².